The van der Waals surface area contributed by atoms with Gasteiger partial charge in [0, 0.05) is 18.7 Å². The van der Waals surface area contributed by atoms with Crippen molar-refractivity contribution < 1.29 is 22.0 Å². The maximum atomic E-state index is 14.3. The van der Waals surface area contributed by atoms with Crippen LogP contribution in [0.3, 0.4) is 0 Å². The standard InChI is InChI=1S/C21H14F5N3/c22-16-2-1-3-17(23)20(16)15-8-9-27-11-13-10-12(4-5-14(13)15)18-6-7-19(29-28-18)21(24,25)26/h1-8,10,27H,9,11H2. The minimum atomic E-state index is -4.56. The summed E-state index contributed by atoms with van der Waals surface area (Å²) in [6, 6.07) is 10.9. The van der Waals surface area contributed by atoms with Crippen LogP contribution in [-0.2, 0) is 12.7 Å². The maximum absolute atomic E-state index is 14.3. The molecule has 0 unspecified atom stereocenters. The van der Waals surface area contributed by atoms with E-state index in [2.05, 4.69) is 15.5 Å². The summed E-state index contributed by atoms with van der Waals surface area (Å²) in [4.78, 5) is 0. The first-order valence-corrected chi connectivity index (χ1v) is 8.74. The second-order valence-electron chi connectivity index (χ2n) is 6.52. The van der Waals surface area contributed by atoms with Gasteiger partial charge in [-0.1, -0.05) is 24.3 Å². The molecule has 0 spiro atoms. The normalized spacial score (nSPS) is 14.2. The lowest BCUT2D eigenvalue weighted by Crippen LogP contribution is -2.11. The SMILES string of the molecule is Fc1cccc(F)c1C1=CCNCc2cc(-c3ccc(C(F)(F)F)nn3)ccc21. The number of hydrogen-bond donors (Lipinski definition) is 1. The molecule has 0 aliphatic carbocycles. The molecule has 4 rings (SSSR count). The third-order valence-electron chi connectivity index (χ3n) is 4.64. The van der Waals surface area contributed by atoms with Crippen LogP contribution in [0.25, 0.3) is 16.8 Å². The molecule has 1 N–H and O–H groups in total. The van der Waals surface area contributed by atoms with Crippen LogP contribution in [0.1, 0.15) is 22.4 Å². The molecule has 0 atom stereocenters. The maximum Gasteiger partial charge on any atom is 0.435 e. The fraction of sp³-hybridized carbons (Fsp3) is 0.143. The monoisotopic (exact) mass is 403 g/mol. The fourth-order valence-corrected chi connectivity index (χ4v) is 3.28. The zero-order valence-corrected chi connectivity index (χ0v) is 14.9. The number of aromatic nitrogens is 2. The number of hydrogen-bond acceptors (Lipinski definition) is 3. The molecular formula is C21H14F5N3. The van der Waals surface area contributed by atoms with Crippen LogP contribution in [0.15, 0.2) is 54.6 Å². The van der Waals surface area contributed by atoms with Gasteiger partial charge in [-0.15, -0.1) is 10.2 Å². The van der Waals surface area contributed by atoms with E-state index in [-0.39, 0.29) is 11.3 Å². The van der Waals surface area contributed by atoms with Gasteiger partial charge in [0.15, 0.2) is 5.69 Å². The fourth-order valence-electron chi connectivity index (χ4n) is 3.28. The zero-order valence-electron chi connectivity index (χ0n) is 14.9. The third-order valence-corrected chi connectivity index (χ3v) is 4.64. The van der Waals surface area contributed by atoms with E-state index >= 15 is 0 Å². The van der Waals surface area contributed by atoms with Crippen LogP contribution in [0.4, 0.5) is 22.0 Å². The average Bonchev–Trinajstić information content (AvgIpc) is 2.89. The van der Waals surface area contributed by atoms with Gasteiger partial charge in [-0.2, -0.15) is 13.2 Å². The van der Waals surface area contributed by atoms with Crippen molar-refractivity contribution in [3.05, 3.63) is 88.6 Å². The minimum Gasteiger partial charge on any atom is -0.309 e. The van der Waals surface area contributed by atoms with Crippen molar-refractivity contribution in [3.8, 4) is 11.3 Å². The number of rotatable bonds is 2. The summed E-state index contributed by atoms with van der Waals surface area (Å²) in [6.07, 6.45) is -2.85. The molecule has 0 saturated heterocycles. The van der Waals surface area contributed by atoms with E-state index in [1.165, 1.54) is 24.3 Å². The average molecular weight is 403 g/mol. The Kier molecular flexibility index (Phi) is 4.87. The van der Waals surface area contributed by atoms with E-state index in [0.29, 0.717) is 29.8 Å². The molecule has 1 aliphatic heterocycles. The van der Waals surface area contributed by atoms with E-state index in [0.717, 1.165) is 11.6 Å². The van der Waals surface area contributed by atoms with Gasteiger partial charge in [0.1, 0.15) is 11.6 Å². The highest BCUT2D eigenvalue weighted by molar-refractivity contribution is 5.83. The zero-order chi connectivity index (χ0) is 20.6. The summed E-state index contributed by atoms with van der Waals surface area (Å²) in [5.74, 6) is -1.33. The van der Waals surface area contributed by atoms with E-state index < -0.39 is 23.5 Å². The molecule has 1 aliphatic rings. The highest BCUT2D eigenvalue weighted by Gasteiger charge is 2.33. The van der Waals surface area contributed by atoms with E-state index in [1.807, 2.05) is 0 Å². The van der Waals surface area contributed by atoms with Crippen LogP contribution in [0.2, 0.25) is 0 Å². The molecule has 0 bridgehead atoms. The Balaban J connectivity index is 1.76. The molecule has 0 saturated carbocycles. The quantitative estimate of drug-likeness (QED) is 0.614. The summed E-state index contributed by atoms with van der Waals surface area (Å²) in [5, 5.41) is 10.1. The van der Waals surface area contributed by atoms with Crippen LogP contribution in [0.5, 0.6) is 0 Å². The second kappa shape index (κ2) is 7.36. The first-order valence-electron chi connectivity index (χ1n) is 8.74. The van der Waals surface area contributed by atoms with Crippen LogP contribution < -0.4 is 5.32 Å². The van der Waals surface area contributed by atoms with E-state index in [1.54, 1.807) is 24.3 Å². The summed E-state index contributed by atoms with van der Waals surface area (Å²) in [7, 11) is 0. The molecule has 0 radical (unpaired) electrons. The third kappa shape index (κ3) is 3.75. The lowest BCUT2D eigenvalue weighted by molar-refractivity contribution is -0.141. The van der Waals surface area contributed by atoms with E-state index in [9.17, 15) is 22.0 Å². The van der Waals surface area contributed by atoms with Crippen molar-refractivity contribution in [2.24, 2.45) is 0 Å². The number of nitrogens with one attached hydrogen (secondary N) is 1. The first-order chi connectivity index (χ1) is 13.8. The van der Waals surface area contributed by atoms with Crippen LogP contribution >= 0.6 is 0 Å². The predicted molar refractivity (Wildman–Crippen MR) is 97.6 cm³/mol. The lowest BCUT2D eigenvalue weighted by Gasteiger charge is -2.14. The van der Waals surface area contributed by atoms with Crippen molar-refractivity contribution in [2.45, 2.75) is 12.7 Å². The molecule has 0 amide bonds. The number of halogens is 5. The van der Waals surface area contributed by atoms with Gasteiger partial charge in [0.05, 0.1) is 11.3 Å². The van der Waals surface area contributed by atoms with Gasteiger partial charge in [0.2, 0.25) is 0 Å². The second-order valence-corrected chi connectivity index (χ2v) is 6.52. The van der Waals surface area contributed by atoms with Crippen molar-refractivity contribution in [1.82, 2.24) is 15.5 Å². The first kappa shape index (κ1) is 19.2. The van der Waals surface area contributed by atoms with Gasteiger partial charge >= 0.3 is 6.18 Å². The number of fused-ring (bicyclic) bond motifs is 1. The van der Waals surface area contributed by atoms with Crippen molar-refractivity contribution in [2.75, 3.05) is 6.54 Å². The van der Waals surface area contributed by atoms with Crippen LogP contribution in [0, 0.1) is 11.6 Å². The topological polar surface area (TPSA) is 37.8 Å². The Labute approximate surface area is 162 Å². The summed E-state index contributed by atoms with van der Waals surface area (Å²) in [5.41, 5.74) is 1.45. The van der Waals surface area contributed by atoms with Crippen LogP contribution in [-0.4, -0.2) is 16.7 Å². The smallest absolute Gasteiger partial charge is 0.309 e. The Hall–Kier alpha value is -3.13. The number of nitrogens with zero attached hydrogens (tertiary/aromatic N) is 2. The molecular weight excluding hydrogens is 389 g/mol. The molecule has 2 aromatic carbocycles. The van der Waals surface area contributed by atoms with Crippen molar-refractivity contribution in [3.63, 3.8) is 0 Å². The highest BCUT2D eigenvalue weighted by Crippen LogP contribution is 2.34. The number of benzene rings is 2. The van der Waals surface area contributed by atoms with Gasteiger partial charge in [-0.3, -0.25) is 0 Å². The Morgan fingerprint density at radius 3 is 2.31 bits per heavy atom. The molecule has 2 heterocycles. The molecule has 3 nitrogen and oxygen atoms in total. The summed E-state index contributed by atoms with van der Waals surface area (Å²) < 4.78 is 66.7. The highest BCUT2D eigenvalue weighted by atomic mass is 19.4. The molecule has 148 valence electrons. The van der Waals surface area contributed by atoms with E-state index in [4.69, 9.17) is 0 Å². The molecule has 3 aromatic rings. The molecule has 8 heteroatoms. The Bertz CT molecular complexity index is 1070. The predicted octanol–water partition coefficient (Wildman–Crippen LogP) is 4.98. The molecule has 0 fully saturated rings. The van der Waals surface area contributed by atoms with Crippen molar-refractivity contribution in [1.29, 1.82) is 0 Å². The summed E-state index contributed by atoms with van der Waals surface area (Å²) >= 11 is 0. The molecule has 29 heavy (non-hydrogen) atoms. The minimum absolute atomic E-state index is 0.112. The Morgan fingerprint density at radius 1 is 0.897 bits per heavy atom. The van der Waals surface area contributed by atoms with Crippen molar-refractivity contribution >= 4 is 5.57 Å². The lowest BCUT2D eigenvalue weighted by atomic mass is 9.91. The van der Waals surface area contributed by atoms with Gasteiger partial charge in [0.25, 0.3) is 0 Å². The Morgan fingerprint density at radius 2 is 1.66 bits per heavy atom. The van der Waals surface area contributed by atoms with Gasteiger partial charge in [-0.25, -0.2) is 8.78 Å². The van der Waals surface area contributed by atoms with Gasteiger partial charge in [-0.05, 0) is 47.0 Å². The number of alkyl halides is 3. The largest absolute Gasteiger partial charge is 0.435 e. The molecule has 1 aromatic heterocycles. The summed E-state index contributed by atoms with van der Waals surface area (Å²) in [6.45, 7) is 0.834. The van der Waals surface area contributed by atoms with Gasteiger partial charge < -0.3 is 5.32 Å².